The molecule has 0 amide bonds. The van der Waals surface area contributed by atoms with Gasteiger partial charge in [0.2, 0.25) is 10.0 Å². The normalized spacial score (nSPS) is 22.8. The molecule has 2 atom stereocenters. The van der Waals surface area contributed by atoms with Gasteiger partial charge in [-0.25, -0.2) is 17.1 Å². The van der Waals surface area contributed by atoms with Crippen molar-refractivity contribution in [2.45, 2.75) is 18.2 Å². The van der Waals surface area contributed by atoms with Crippen molar-refractivity contribution in [3.63, 3.8) is 0 Å². The molecule has 0 radical (unpaired) electrons. The summed E-state index contributed by atoms with van der Waals surface area (Å²) in [5.74, 6) is 0.398. The van der Waals surface area contributed by atoms with Crippen molar-refractivity contribution in [2.24, 2.45) is 11.8 Å². The van der Waals surface area contributed by atoms with Crippen LogP contribution >= 0.6 is 15.9 Å². The van der Waals surface area contributed by atoms with E-state index in [2.05, 4.69) is 22.9 Å². The smallest absolute Gasteiger partial charge is 0.244 e. The molecule has 7 heteroatoms. The van der Waals surface area contributed by atoms with Gasteiger partial charge in [0, 0.05) is 13.6 Å². The van der Waals surface area contributed by atoms with Crippen LogP contribution in [0.25, 0.3) is 0 Å². The Morgan fingerprint density at radius 1 is 1.53 bits per heavy atom. The summed E-state index contributed by atoms with van der Waals surface area (Å²) in [5.41, 5.74) is 5.55. The highest BCUT2D eigenvalue weighted by Gasteiger charge is 2.36. The summed E-state index contributed by atoms with van der Waals surface area (Å²) in [4.78, 5) is -0.0587. The number of nitrogens with two attached hydrogens (primary N) is 1. The van der Waals surface area contributed by atoms with E-state index in [9.17, 15) is 12.8 Å². The summed E-state index contributed by atoms with van der Waals surface area (Å²) >= 11 is 2.98. The van der Waals surface area contributed by atoms with E-state index in [-0.39, 0.29) is 15.1 Å². The average Bonchev–Trinajstić information content (AvgIpc) is 2.99. The Hall–Kier alpha value is -0.660. The molecule has 1 aliphatic rings. The molecule has 1 saturated carbocycles. The fourth-order valence-corrected chi connectivity index (χ4v) is 3.86. The minimum absolute atomic E-state index is 0.0587. The van der Waals surface area contributed by atoms with Crippen molar-refractivity contribution in [2.75, 3.05) is 19.3 Å². The molecular formula is C12H16BrFN2O2S. The molecule has 0 aliphatic heterocycles. The first-order chi connectivity index (χ1) is 8.73. The third-order valence-corrected chi connectivity index (χ3v) is 6.00. The van der Waals surface area contributed by atoms with Crippen LogP contribution in [0.3, 0.4) is 0 Å². The highest BCUT2D eigenvalue weighted by molar-refractivity contribution is 9.10. The summed E-state index contributed by atoms with van der Waals surface area (Å²) in [7, 11) is -2.15. The zero-order chi connectivity index (χ0) is 14.4. The molecule has 0 saturated heterocycles. The lowest BCUT2D eigenvalue weighted by molar-refractivity contribution is 0.445. The Labute approximate surface area is 121 Å². The lowest BCUT2D eigenvalue weighted by Gasteiger charge is -2.18. The van der Waals surface area contributed by atoms with Gasteiger partial charge in [-0.3, -0.25) is 0 Å². The standard InChI is InChI=1S/C12H16BrFN2O2S/c1-7-3-8(7)6-16(2)19(17,18)12-4-9(13)10(14)5-11(12)15/h4-5,7-8H,3,6,15H2,1-2H3. The molecule has 2 unspecified atom stereocenters. The van der Waals surface area contributed by atoms with Crippen LogP contribution in [0.4, 0.5) is 10.1 Å². The summed E-state index contributed by atoms with van der Waals surface area (Å²) in [6.45, 7) is 2.56. The minimum atomic E-state index is -3.68. The third-order valence-electron chi connectivity index (χ3n) is 3.51. The molecule has 0 heterocycles. The van der Waals surface area contributed by atoms with Crippen LogP contribution < -0.4 is 5.73 Å². The van der Waals surface area contributed by atoms with Gasteiger partial charge >= 0.3 is 0 Å². The first-order valence-electron chi connectivity index (χ1n) is 5.94. The highest BCUT2D eigenvalue weighted by atomic mass is 79.9. The predicted octanol–water partition coefficient (Wildman–Crippen LogP) is 2.45. The Morgan fingerprint density at radius 2 is 2.11 bits per heavy atom. The predicted molar refractivity (Wildman–Crippen MR) is 75.6 cm³/mol. The molecule has 1 aliphatic carbocycles. The second-order valence-corrected chi connectivity index (χ2v) is 7.93. The van der Waals surface area contributed by atoms with E-state index >= 15 is 0 Å². The molecule has 0 spiro atoms. The van der Waals surface area contributed by atoms with Gasteiger partial charge in [0.05, 0.1) is 10.2 Å². The maximum Gasteiger partial charge on any atom is 0.244 e. The van der Waals surface area contributed by atoms with Crippen LogP contribution in [0.5, 0.6) is 0 Å². The molecule has 2 rings (SSSR count). The molecule has 1 aromatic carbocycles. The molecule has 2 N–H and O–H groups in total. The molecule has 1 aromatic rings. The lowest BCUT2D eigenvalue weighted by Crippen LogP contribution is -2.30. The van der Waals surface area contributed by atoms with Crippen LogP contribution in [0.15, 0.2) is 21.5 Å². The van der Waals surface area contributed by atoms with Crippen molar-refractivity contribution >= 4 is 31.6 Å². The van der Waals surface area contributed by atoms with Crippen LogP contribution in [-0.2, 0) is 10.0 Å². The first kappa shape index (κ1) is 14.7. The fraction of sp³-hybridized carbons (Fsp3) is 0.500. The van der Waals surface area contributed by atoms with Crippen LogP contribution in [0, 0.1) is 17.7 Å². The van der Waals surface area contributed by atoms with Crippen molar-refractivity contribution in [1.82, 2.24) is 4.31 Å². The van der Waals surface area contributed by atoms with Gasteiger partial charge in [-0.05, 0) is 46.3 Å². The number of rotatable bonds is 4. The highest BCUT2D eigenvalue weighted by Crippen LogP contribution is 2.39. The van der Waals surface area contributed by atoms with Crippen molar-refractivity contribution in [1.29, 1.82) is 0 Å². The Morgan fingerprint density at radius 3 is 2.63 bits per heavy atom. The number of nitrogens with zero attached hydrogens (tertiary/aromatic N) is 1. The van der Waals surface area contributed by atoms with Gasteiger partial charge in [-0.15, -0.1) is 0 Å². The van der Waals surface area contributed by atoms with Gasteiger partial charge in [-0.2, -0.15) is 0 Å². The van der Waals surface area contributed by atoms with E-state index in [0.29, 0.717) is 18.4 Å². The van der Waals surface area contributed by atoms with Crippen molar-refractivity contribution in [3.05, 3.63) is 22.4 Å². The van der Waals surface area contributed by atoms with Gasteiger partial charge in [0.1, 0.15) is 10.7 Å². The molecule has 106 valence electrons. The van der Waals surface area contributed by atoms with Gasteiger partial charge in [0.25, 0.3) is 0 Å². The van der Waals surface area contributed by atoms with Crippen molar-refractivity contribution in [3.8, 4) is 0 Å². The van der Waals surface area contributed by atoms with Crippen LogP contribution in [0.1, 0.15) is 13.3 Å². The Kier molecular flexibility index (Phi) is 3.90. The Bertz CT molecular complexity index is 606. The number of anilines is 1. The van der Waals surface area contributed by atoms with Crippen molar-refractivity contribution < 1.29 is 12.8 Å². The molecule has 0 bridgehead atoms. The van der Waals surface area contributed by atoms with E-state index in [0.717, 1.165) is 12.5 Å². The summed E-state index contributed by atoms with van der Waals surface area (Å²) in [5, 5.41) is 0. The van der Waals surface area contributed by atoms with Gasteiger partial charge < -0.3 is 5.73 Å². The molecular weight excluding hydrogens is 335 g/mol. The second kappa shape index (κ2) is 5.03. The molecule has 0 aromatic heterocycles. The van der Waals surface area contributed by atoms with E-state index < -0.39 is 15.8 Å². The second-order valence-electron chi connectivity index (χ2n) is 5.06. The van der Waals surface area contributed by atoms with E-state index in [4.69, 9.17) is 5.73 Å². The SMILES string of the molecule is CC1CC1CN(C)S(=O)(=O)c1cc(Br)c(F)cc1N. The van der Waals surface area contributed by atoms with E-state index in [1.807, 2.05) is 0 Å². The maximum atomic E-state index is 13.3. The summed E-state index contributed by atoms with van der Waals surface area (Å²) < 4.78 is 39.4. The number of benzene rings is 1. The maximum absolute atomic E-state index is 13.3. The van der Waals surface area contributed by atoms with Gasteiger partial charge in [0.15, 0.2) is 0 Å². The first-order valence-corrected chi connectivity index (χ1v) is 8.17. The Balaban J connectivity index is 2.31. The number of hydrogen-bond acceptors (Lipinski definition) is 3. The average molecular weight is 351 g/mol. The summed E-state index contributed by atoms with van der Waals surface area (Å²) in [6.07, 6.45) is 1.04. The van der Waals surface area contributed by atoms with Crippen LogP contribution in [0.2, 0.25) is 0 Å². The minimum Gasteiger partial charge on any atom is -0.398 e. The number of nitrogen functional groups attached to an aromatic ring is 1. The molecule has 1 fully saturated rings. The molecule has 4 nitrogen and oxygen atoms in total. The third kappa shape index (κ3) is 2.93. The summed E-state index contributed by atoms with van der Waals surface area (Å²) in [6, 6.07) is 2.23. The number of hydrogen-bond donors (Lipinski definition) is 1. The molecule has 19 heavy (non-hydrogen) atoms. The topological polar surface area (TPSA) is 63.4 Å². The number of halogens is 2. The quantitative estimate of drug-likeness (QED) is 0.848. The largest absolute Gasteiger partial charge is 0.398 e. The van der Waals surface area contributed by atoms with Gasteiger partial charge in [-0.1, -0.05) is 6.92 Å². The lowest BCUT2D eigenvalue weighted by atomic mass is 10.3. The zero-order valence-corrected chi connectivity index (χ0v) is 13.1. The monoisotopic (exact) mass is 350 g/mol. The number of sulfonamides is 1. The van der Waals surface area contributed by atoms with Crippen LogP contribution in [-0.4, -0.2) is 26.3 Å². The van der Waals surface area contributed by atoms with E-state index in [1.54, 1.807) is 0 Å². The van der Waals surface area contributed by atoms with E-state index in [1.165, 1.54) is 17.4 Å². The fourth-order valence-electron chi connectivity index (χ4n) is 2.02. The zero-order valence-electron chi connectivity index (χ0n) is 10.7.